The number of nitrogens with one attached hydrogen (secondary N) is 1. The largest absolute Gasteiger partial charge is 0.339 e. The number of hydrogen-bond acceptors (Lipinski definition) is 5. The van der Waals surface area contributed by atoms with Gasteiger partial charge in [-0.2, -0.15) is 4.98 Å². The second-order valence-corrected chi connectivity index (χ2v) is 5.63. The van der Waals surface area contributed by atoms with E-state index >= 15 is 0 Å². The first kappa shape index (κ1) is 14.2. The first-order chi connectivity index (χ1) is 10.3. The molecule has 0 radical (unpaired) electrons. The second-order valence-electron chi connectivity index (χ2n) is 5.63. The van der Waals surface area contributed by atoms with Crippen molar-refractivity contribution in [1.82, 2.24) is 20.4 Å². The highest BCUT2D eigenvalue weighted by Gasteiger charge is 2.19. The highest BCUT2D eigenvalue weighted by atomic mass is 16.5. The predicted molar refractivity (Wildman–Crippen MR) is 81.1 cm³/mol. The van der Waals surface area contributed by atoms with Crippen LogP contribution in [0.15, 0.2) is 34.9 Å². The van der Waals surface area contributed by atoms with E-state index in [1.165, 1.54) is 5.56 Å². The Morgan fingerprint density at radius 1 is 1.33 bits per heavy atom. The molecular weight excluding hydrogens is 264 g/mol. The molecular formula is C16H22N4O. The van der Waals surface area contributed by atoms with E-state index in [0.29, 0.717) is 11.9 Å². The zero-order chi connectivity index (χ0) is 14.5. The zero-order valence-electron chi connectivity index (χ0n) is 12.5. The molecule has 2 heterocycles. The van der Waals surface area contributed by atoms with Crippen LogP contribution in [0.3, 0.4) is 0 Å². The lowest BCUT2D eigenvalue weighted by Crippen LogP contribution is -2.51. The first-order valence-corrected chi connectivity index (χ1v) is 7.58. The average Bonchev–Trinajstić information content (AvgIpc) is 2.92. The molecule has 1 aliphatic heterocycles. The van der Waals surface area contributed by atoms with E-state index in [1.807, 2.05) is 6.92 Å². The van der Waals surface area contributed by atoms with Crippen LogP contribution in [0.25, 0.3) is 0 Å². The molecule has 1 aromatic heterocycles. The molecule has 5 nitrogen and oxygen atoms in total. The van der Waals surface area contributed by atoms with Crippen LogP contribution in [0.1, 0.15) is 17.3 Å². The van der Waals surface area contributed by atoms with Crippen molar-refractivity contribution in [2.75, 3.05) is 26.2 Å². The van der Waals surface area contributed by atoms with Crippen molar-refractivity contribution in [2.24, 2.45) is 0 Å². The number of rotatable bonds is 5. The Kier molecular flexibility index (Phi) is 4.62. The standard InChI is InChI=1S/C16H22N4O/c1-13-18-16(21-19-13)7-9-20-10-8-17-15(12-20)11-14-5-3-2-4-6-14/h2-6,15,17H,7-12H2,1H3. The lowest BCUT2D eigenvalue weighted by molar-refractivity contribution is 0.195. The molecule has 5 heteroatoms. The van der Waals surface area contributed by atoms with E-state index in [2.05, 4.69) is 50.7 Å². The summed E-state index contributed by atoms with van der Waals surface area (Å²) in [5.41, 5.74) is 1.39. The minimum Gasteiger partial charge on any atom is -0.339 e. The summed E-state index contributed by atoms with van der Waals surface area (Å²) in [5, 5.41) is 7.44. The maximum absolute atomic E-state index is 5.17. The van der Waals surface area contributed by atoms with Crippen molar-refractivity contribution in [3.63, 3.8) is 0 Å². The highest BCUT2D eigenvalue weighted by molar-refractivity contribution is 5.16. The van der Waals surface area contributed by atoms with Crippen LogP contribution < -0.4 is 5.32 Å². The molecule has 1 saturated heterocycles. The van der Waals surface area contributed by atoms with E-state index in [0.717, 1.165) is 44.9 Å². The number of nitrogens with zero attached hydrogens (tertiary/aromatic N) is 3. The molecule has 1 aromatic carbocycles. The third-order valence-corrected chi connectivity index (χ3v) is 3.88. The molecule has 1 N–H and O–H groups in total. The molecule has 0 aliphatic carbocycles. The molecule has 1 atom stereocenters. The molecule has 0 saturated carbocycles. The Hall–Kier alpha value is -1.72. The van der Waals surface area contributed by atoms with Gasteiger partial charge in [-0.15, -0.1) is 0 Å². The van der Waals surface area contributed by atoms with E-state index in [9.17, 15) is 0 Å². The lowest BCUT2D eigenvalue weighted by Gasteiger charge is -2.33. The van der Waals surface area contributed by atoms with Crippen molar-refractivity contribution < 1.29 is 4.52 Å². The highest BCUT2D eigenvalue weighted by Crippen LogP contribution is 2.08. The molecule has 1 unspecified atom stereocenters. The molecule has 0 spiro atoms. The van der Waals surface area contributed by atoms with E-state index in [-0.39, 0.29) is 0 Å². The zero-order valence-corrected chi connectivity index (χ0v) is 12.5. The van der Waals surface area contributed by atoms with E-state index in [4.69, 9.17) is 4.52 Å². The van der Waals surface area contributed by atoms with E-state index in [1.54, 1.807) is 0 Å². The normalized spacial score (nSPS) is 19.8. The molecule has 1 aliphatic rings. The summed E-state index contributed by atoms with van der Waals surface area (Å²) in [6, 6.07) is 11.2. The van der Waals surface area contributed by atoms with Gasteiger partial charge < -0.3 is 14.7 Å². The minimum atomic E-state index is 0.519. The van der Waals surface area contributed by atoms with Gasteiger partial charge in [-0.05, 0) is 18.9 Å². The van der Waals surface area contributed by atoms with Crippen LogP contribution in [0.2, 0.25) is 0 Å². The topological polar surface area (TPSA) is 54.2 Å². The average molecular weight is 286 g/mol. The molecule has 1 fully saturated rings. The van der Waals surface area contributed by atoms with Crippen LogP contribution in [-0.2, 0) is 12.8 Å². The van der Waals surface area contributed by atoms with Crippen LogP contribution in [-0.4, -0.2) is 47.3 Å². The Labute approximate surface area is 125 Å². The summed E-state index contributed by atoms with van der Waals surface area (Å²) < 4.78 is 5.17. The quantitative estimate of drug-likeness (QED) is 0.901. The van der Waals surface area contributed by atoms with Gasteiger partial charge in [-0.1, -0.05) is 35.5 Å². The lowest BCUT2D eigenvalue weighted by atomic mass is 10.0. The van der Waals surface area contributed by atoms with Gasteiger partial charge in [0.05, 0.1) is 0 Å². The number of hydrogen-bond donors (Lipinski definition) is 1. The fourth-order valence-corrected chi connectivity index (χ4v) is 2.83. The van der Waals surface area contributed by atoms with Gasteiger partial charge in [0.1, 0.15) is 0 Å². The van der Waals surface area contributed by atoms with Crippen LogP contribution in [0, 0.1) is 6.92 Å². The summed E-state index contributed by atoms with van der Waals surface area (Å²) in [5.74, 6) is 1.46. The first-order valence-electron chi connectivity index (χ1n) is 7.58. The van der Waals surface area contributed by atoms with Gasteiger partial charge in [0, 0.05) is 38.6 Å². The Bertz CT molecular complexity index is 554. The smallest absolute Gasteiger partial charge is 0.227 e. The summed E-state index contributed by atoms with van der Waals surface area (Å²) in [7, 11) is 0. The number of piperazine rings is 1. The van der Waals surface area contributed by atoms with Crippen molar-refractivity contribution in [2.45, 2.75) is 25.8 Å². The van der Waals surface area contributed by atoms with Crippen LogP contribution in [0.5, 0.6) is 0 Å². The van der Waals surface area contributed by atoms with Crippen molar-refractivity contribution in [3.05, 3.63) is 47.6 Å². The molecule has 0 amide bonds. The van der Waals surface area contributed by atoms with E-state index < -0.39 is 0 Å². The third kappa shape index (κ3) is 4.12. The van der Waals surface area contributed by atoms with Gasteiger partial charge in [0.25, 0.3) is 0 Å². The summed E-state index contributed by atoms with van der Waals surface area (Å²) in [4.78, 5) is 6.74. The third-order valence-electron chi connectivity index (χ3n) is 3.88. The summed E-state index contributed by atoms with van der Waals surface area (Å²) >= 11 is 0. The van der Waals surface area contributed by atoms with Gasteiger partial charge in [-0.25, -0.2) is 0 Å². The molecule has 112 valence electrons. The fourth-order valence-electron chi connectivity index (χ4n) is 2.83. The van der Waals surface area contributed by atoms with Gasteiger partial charge in [0.15, 0.2) is 5.82 Å². The predicted octanol–water partition coefficient (Wildman–Crippen LogP) is 1.44. The molecule has 2 aromatic rings. The monoisotopic (exact) mass is 286 g/mol. The molecule has 0 bridgehead atoms. The molecule has 3 rings (SSSR count). The number of aromatic nitrogens is 2. The number of aryl methyl sites for hydroxylation is 1. The maximum atomic E-state index is 5.17. The summed E-state index contributed by atoms with van der Waals surface area (Å²) in [6.07, 6.45) is 1.91. The van der Waals surface area contributed by atoms with Gasteiger partial charge in [-0.3, -0.25) is 0 Å². The fraction of sp³-hybridized carbons (Fsp3) is 0.500. The van der Waals surface area contributed by atoms with Crippen LogP contribution >= 0.6 is 0 Å². The van der Waals surface area contributed by atoms with Gasteiger partial charge >= 0.3 is 0 Å². The van der Waals surface area contributed by atoms with Crippen molar-refractivity contribution >= 4 is 0 Å². The minimum absolute atomic E-state index is 0.519. The van der Waals surface area contributed by atoms with Crippen molar-refractivity contribution in [3.8, 4) is 0 Å². The van der Waals surface area contributed by atoms with Crippen LogP contribution in [0.4, 0.5) is 0 Å². The Morgan fingerprint density at radius 3 is 2.95 bits per heavy atom. The van der Waals surface area contributed by atoms with Gasteiger partial charge in [0.2, 0.25) is 5.89 Å². The number of benzene rings is 1. The SMILES string of the molecule is Cc1noc(CCN2CCNC(Cc3ccccc3)C2)n1. The maximum Gasteiger partial charge on any atom is 0.227 e. The van der Waals surface area contributed by atoms with Crippen molar-refractivity contribution in [1.29, 1.82) is 0 Å². The Morgan fingerprint density at radius 2 is 2.19 bits per heavy atom. The Balaban J connectivity index is 1.49. The molecule has 21 heavy (non-hydrogen) atoms. The summed E-state index contributed by atoms with van der Waals surface area (Å²) in [6.45, 7) is 6.03. The second kappa shape index (κ2) is 6.83.